The van der Waals surface area contributed by atoms with Gasteiger partial charge in [-0.3, -0.25) is 4.79 Å². The van der Waals surface area contributed by atoms with Crippen molar-refractivity contribution in [3.8, 4) is 0 Å². The van der Waals surface area contributed by atoms with E-state index in [0.717, 1.165) is 31.5 Å². The Bertz CT molecular complexity index is 389. The normalized spacial score (nSPS) is 17.3. The lowest BCUT2D eigenvalue weighted by atomic mass is 9.83. The van der Waals surface area contributed by atoms with E-state index >= 15 is 0 Å². The van der Waals surface area contributed by atoms with E-state index in [2.05, 4.69) is 17.0 Å². The molecule has 0 bridgehead atoms. The number of hydrogen-bond acceptors (Lipinski definition) is 1. The fraction of sp³-hybridized carbons (Fsp3) is 0.562. The number of likely N-dealkylation sites (tertiary alicyclic amines) is 1. The zero-order valence-corrected chi connectivity index (χ0v) is 11.5. The van der Waals surface area contributed by atoms with Crippen molar-refractivity contribution < 1.29 is 4.79 Å². The number of rotatable bonds is 2. The van der Waals surface area contributed by atoms with Crippen LogP contribution in [0.15, 0.2) is 30.3 Å². The standard InChI is InChI=1S/C16H23NO/c1-16(2,14-10-6-5-7-11-14)15(18)17-12-8-3-4-9-13-17/h5-7,10-11H,3-4,8-9,12-13H2,1-2H3. The van der Waals surface area contributed by atoms with Crippen molar-refractivity contribution >= 4 is 5.91 Å². The Labute approximate surface area is 110 Å². The summed E-state index contributed by atoms with van der Waals surface area (Å²) in [4.78, 5) is 14.8. The summed E-state index contributed by atoms with van der Waals surface area (Å²) in [5.74, 6) is 0.274. The van der Waals surface area contributed by atoms with Crippen LogP contribution in [0.2, 0.25) is 0 Å². The predicted molar refractivity (Wildman–Crippen MR) is 74.5 cm³/mol. The number of carbonyl (C=O) groups is 1. The molecule has 2 heteroatoms. The zero-order chi connectivity index (χ0) is 13.0. The second-order valence-corrected chi connectivity index (χ2v) is 5.70. The highest BCUT2D eigenvalue weighted by Crippen LogP contribution is 2.26. The average Bonchev–Trinajstić information content (AvgIpc) is 2.67. The lowest BCUT2D eigenvalue weighted by Gasteiger charge is -2.31. The van der Waals surface area contributed by atoms with Crippen molar-refractivity contribution in [2.75, 3.05) is 13.1 Å². The molecule has 1 heterocycles. The van der Waals surface area contributed by atoms with Gasteiger partial charge in [0.25, 0.3) is 0 Å². The summed E-state index contributed by atoms with van der Waals surface area (Å²) in [6.45, 7) is 5.93. The summed E-state index contributed by atoms with van der Waals surface area (Å²) in [7, 11) is 0. The molecule has 1 amide bonds. The monoisotopic (exact) mass is 245 g/mol. The molecule has 0 aliphatic carbocycles. The van der Waals surface area contributed by atoms with Crippen molar-refractivity contribution in [1.82, 2.24) is 4.90 Å². The summed E-state index contributed by atoms with van der Waals surface area (Å²) >= 11 is 0. The maximum Gasteiger partial charge on any atom is 0.232 e. The van der Waals surface area contributed by atoms with E-state index in [9.17, 15) is 4.79 Å². The fourth-order valence-corrected chi connectivity index (χ4v) is 2.65. The molecule has 1 aliphatic rings. The highest BCUT2D eigenvalue weighted by molar-refractivity contribution is 5.87. The molecule has 98 valence electrons. The van der Waals surface area contributed by atoms with E-state index in [1.54, 1.807) is 0 Å². The van der Waals surface area contributed by atoms with Gasteiger partial charge in [0, 0.05) is 13.1 Å². The van der Waals surface area contributed by atoms with Crippen LogP contribution < -0.4 is 0 Å². The van der Waals surface area contributed by atoms with Crippen molar-refractivity contribution in [2.24, 2.45) is 0 Å². The second-order valence-electron chi connectivity index (χ2n) is 5.70. The van der Waals surface area contributed by atoms with Gasteiger partial charge in [0.1, 0.15) is 0 Å². The van der Waals surface area contributed by atoms with Crippen LogP contribution in [0.25, 0.3) is 0 Å². The summed E-state index contributed by atoms with van der Waals surface area (Å²) in [5.41, 5.74) is 0.699. The Kier molecular flexibility index (Phi) is 4.05. The quantitative estimate of drug-likeness (QED) is 0.782. The molecular weight excluding hydrogens is 222 g/mol. The summed E-state index contributed by atoms with van der Waals surface area (Å²) < 4.78 is 0. The number of amides is 1. The Hall–Kier alpha value is -1.31. The van der Waals surface area contributed by atoms with Gasteiger partial charge in [0.2, 0.25) is 5.91 Å². The van der Waals surface area contributed by atoms with E-state index < -0.39 is 5.41 Å². The molecular formula is C16H23NO. The third-order valence-electron chi connectivity index (χ3n) is 3.92. The molecule has 0 radical (unpaired) electrons. The van der Waals surface area contributed by atoms with Crippen LogP contribution in [0.4, 0.5) is 0 Å². The van der Waals surface area contributed by atoms with Gasteiger partial charge in [-0.2, -0.15) is 0 Å². The first kappa shape index (κ1) is 13.1. The molecule has 1 aromatic carbocycles. The molecule has 0 N–H and O–H groups in total. The molecule has 0 aromatic heterocycles. The first-order valence-electron chi connectivity index (χ1n) is 6.97. The smallest absolute Gasteiger partial charge is 0.232 e. The van der Waals surface area contributed by atoms with Gasteiger partial charge >= 0.3 is 0 Å². The third kappa shape index (κ3) is 2.74. The molecule has 2 nitrogen and oxygen atoms in total. The number of hydrogen-bond donors (Lipinski definition) is 0. The third-order valence-corrected chi connectivity index (χ3v) is 3.92. The van der Waals surface area contributed by atoms with Crippen LogP contribution in [-0.2, 0) is 10.2 Å². The SMILES string of the molecule is CC(C)(C(=O)N1CCCCCC1)c1ccccc1. The lowest BCUT2D eigenvalue weighted by Crippen LogP contribution is -2.43. The first-order valence-corrected chi connectivity index (χ1v) is 6.97. The van der Waals surface area contributed by atoms with E-state index in [0.29, 0.717) is 0 Å². The summed E-state index contributed by atoms with van der Waals surface area (Å²) in [6, 6.07) is 10.1. The number of carbonyl (C=O) groups excluding carboxylic acids is 1. The molecule has 2 rings (SSSR count). The number of benzene rings is 1. The minimum Gasteiger partial charge on any atom is -0.342 e. The van der Waals surface area contributed by atoms with Gasteiger partial charge in [0.15, 0.2) is 0 Å². The van der Waals surface area contributed by atoms with E-state index in [4.69, 9.17) is 0 Å². The Morgan fingerprint density at radius 1 is 1.00 bits per heavy atom. The van der Waals surface area contributed by atoms with Gasteiger partial charge in [-0.1, -0.05) is 43.2 Å². The molecule has 0 atom stereocenters. The number of nitrogens with zero attached hydrogens (tertiary/aromatic N) is 1. The Balaban J connectivity index is 2.16. The Morgan fingerprint density at radius 2 is 1.56 bits per heavy atom. The van der Waals surface area contributed by atoms with Crippen LogP contribution in [-0.4, -0.2) is 23.9 Å². The summed E-state index contributed by atoms with van der Waals surface area (Å²) in [5, 5.41) is 0. The van der Waals surface area contributed by atoms with Crippen molar-refractivity contribution in [1.29, 1.82) is 0 Å². The molecule has 1 aromatic rings. The maximum atomic E-state index is 12.7. The molecule has 18 heavy (non-hydrogen) atoms. The molecule has 1 aliphatic heterocycles. The van der Waals surface area contributed by atoms with Gasteiger partial charge in [-0.05, 0) is 32.3 Å². The van der Waals surface area contributed by atoms with Crippen LogP contribution in [0.5, 0.6) is 0 Å². The Morgan fingerprint density at radius 3 is 2.11 bits per heavy atom. The maximum absolute atomic E-state index is 12.7. The average molecular weight is 245 g/mol. The molecule has 0 saturated carbocycles. The molecule has 1 fully saturated rings. The predicted octanol–water partition coefficient (Wildman–Crippen LogP) is 3.37. The van der Waals surface area contributed by atoms with Gasteiger partial charge in [-0.15, -0.1) is 0 Å². The zero-order valence-electron chi connectivity index (χ0n) is 11.5. The van der Waals surface area contributed by atoms with Gasteiger partial charge in [-0.25, -0.2) is 0 Å². The lowest BCUT2D eigenvalue weighted by molar-refractivity contribution is -0.136. The molecule has 1 saturated heterocycles. The topological polar surface area (TPSA) is 20.3 Å². The minimum atomic E-state index is -0.411. The second kappa shape index (κ2) is 5.55. The van der Waals surface area contributed by atoms with Gasteiger partial charge < -0.3 is 4.90 Å². The van der Waals surface area contributed by atoms with Crippen molar-refractivity contribution in [2.45, 2.75) is 44.9 Å². The van der Waals surface area contributed by atoms with Crippen LogP contribution >= 0.6 is 0 Å². The van der Waals surface area contributed by atoms with Crippen molar-refractivity contribution in [3.63, 3.8) is 0 Å². The van der Waals surface area contributed by atoms with E-state index in [1.165, 1.54) is 12.8 Å². The van der Waals surface area contributed by atoms with Crippen LogP contribution in [0.3, 0.4) is 0 Å². The largest absolute Gasteiger partial charge is 0.342 e. The van der Waals surface area contributed by atoms with Crippen LogP contribution in [0, 0.1) is 0 Å². The van der Waals surface area contributed by atoms with Crippen LogP contribution in [0.1, 0.15) is 45.1 Å². The minimum absolute atomic E-state index is 0.274. The highest BCUT2D eigenvalue weighted by Gasteiger charge is 2.33. The van der Waals surface area contributed by atoms with E-state index in [-0.39, 0.29) is 5.91 Å². The van der Waals surface area contributed by atoms with Gasteiger partial charge in [0.05, 0.1) is 5.41 Å². The fourth-order valence-electron chi connectivity index (χ4n) is 2.65. The first-order chi connectivity index (χ1) is 8.62. The molecule has 0 unspecified atom stereocenters. The summed E-state index contributed by atoms with van der Waals surface area (Å²) in [6.07, 6.45) is 4.82. The highest BCUT2D eigenvalue weighted by atomic mass is 16.2. The van der Waals surface area contributed by atoms with E-state index in [1.807, 2.05) is 32.0 Å². The van der Waals surface area contributed by atoms with Crippen molar-refractivity contribution in [3.05, 3.63) is 35.9 Å². The molecule has 0 spiro atoms.